The van der Waals surface area contributed by atoms with Gasteiger partial charge >= 0.3 is 0 Å². The molecule has 80 valence electrons. The predicted molar refractivity (Wildman–Crippen MR) is 62.7 cm³/mol. The molecule has 2 nitrogen and oxygen atoms in total. The molecule has 0 fully saturated rings. The molecule has 0 saturated carbocycles. The number of amides is 1. The number of hydrogen-bond donors (Lipinski definition) is 0. The van der Waals surface area contributed by atoms with Crippen molar-refractivity contribution in [1.29, 1.82) is 0 Å². The molecule has 1 amide bonds. The van der Waals surface area contributed by atoms with Crippen molar-refractivity contribution in [3.05, 3.63) is 47.5 Å². The van der Waals surface area contributed by atoms with Crippen LogP contribution in [0.5, 0.6) is 0 Å². The van der Waals surface area contributed by atoms with Crippen LogP contribution in [0.15, 0.2) is 36.9 Å². The summed E-state index contributed by atoms with van der Waals surface area (Å²) >= 11 is 6.01. The monoisotopic (exact) mass is 223 g/mol. The first-order valence-electron chi connectivity index (χ1n) is 4.83. The van der Waals surface area contributed by atoms with Crippen LogP contribution in [0.25, 0.3) is 0 Å². The molecule has 3 heteroatoms. The molecule has 0 saturated heterocycles. The number of hydrogen-bond acceptors (Lipinski definition) is 1. The van der Waals surface area contributed by atoms with E-state index in [1.165, 1.54) is 6.08 Å². The second-order valence-electron chi connectivity index (χ2n) is 3.15. The van der Waals surface area contributed by atoms with Crippen LogP contribution in [0.4, 0.5) is 0 Å². The first-order chi connectivity index (χ1) is 7.19. The lowest BCUT2D eigenvalue weighted by Gasteiger charge is -2.19. The average Bonchev–Trinajstić information content (AvgIpc) is 2.27. The summed E-state index contributed by atoms with van der Waals surface area (Å²) in [5.41, 5.74) is 0.955. The zero-order valence-corrected chi connectivity index (χ0v) is 9.50. The van der Waals surface area contributed by atoms with Gasteiger partial charge in [-0.15, -0.1) is 0 Å². The first-order valence-corrected chi connectivity index (χ1v) is 5.21. The fourth-order valence-corrected chi connectivity index (χ4v) is 1.50. The van der Waals surface area contributed by atoms with Crippen molar-refractivity contribution in [3.63, 3.8) is 0 Å². The van der Waals surface area contributed by atoms with E-state index >= 15 is 0 Å². The van der Waals surface area contributed by atoms with E-state index in [1.807, 2.05) is 31.2 Å². The van der Waals surface area contributed by atoms with E-state index in [0.29, 0.717) is 18.1 Å². The molecule has 0 aliphatic heterocycles. The summed E-state index contributed by atoms with van der Waals surface area (Å²) < 4.78 is 0. The van der Waals surface area contributed by atoms with Crippen LogP contribution in [-0.4, -0.2) is 17.4 Å². The van der Waals surface area contributed by atoms with Gasteiger partial charge in [-0.05, 0) is 24.6 Å². The number of benzene rings is 1. The van der Waals surface area contributed by atoms with Crippen molar-refractivity contribution in [2.45, 2.75) is 13.5 Å². The molecule has 0 heterocycles. The number of nitrogens with zero attached hydrogens (tertiary/aromatic N) is 1. The Morgan fingerprint density at radius 3 is 2.73 bits per heavy atom. The highest BCUT2D eigenvalue weighted by Gasteiger charge is 2.09. The van der Waals surface area contributed by atoms with E-state index < -0.39 is 0 Å². The smallest absolute Gasteiger partial charge is 0.246 e. The first kappa shape index (κ1) is 11.8. The quantitative estimate of drug-likeness (QED) is 0.719. The summed E-state index contributed by atoms with van der Waals surface area (Å²) in [6, 6.07) is 7.52. The van der Waals surface area contributed by atoms with Gasteiger partial charge in [0.1, 0.15) is 0 Å². The van der Waals surface area contributed by atoms with E-state index in [2.05, 4.69) is 6.58 Å². The number of likely N-dealkylation sites (N-methyl/N-ethyl adjacent to an activating group) is 1. The topological polar surface area (TPSA) is 20.3 Å². The third kappa shape index (κ3) is 3.10. The van der Waals surface area contributed by atoms with Crippen LogP contribution in [0.3, 0.4) is 0 Å². The molecule has 0 radical (unpaired) electrons. The second-order valence-corrected chi connectivity index (χ2v) is 3.56. The lowest BCUT2D eigenvalue weighted by atomic mass is 10.2. The Hall–Kier alpha value is -1.28. The lowest BCUT2D eigenvalue weighted by Crippen LogP contribution is -2.28. The van der Waals surface area contributed by atoms with E-state index in [-0.39, 0.29) is 5.91 Å². The summed E-state index contributed by atoms with van der Waals surface area (Å²) in [5.74, 6) is -0.0718. The van der Waals surface area contributed by atoms with E-state index in [9.17, 15) is 4.79 Å². The number of carbonyl (C=O) groups excluding carboxylic acids is 1. The maximum absolute atomic E-state index is 11.4. The van der Waals surface area contributed by atoms with Gasteiger partial charge in [-0.25, -0.2) is 0 Å². The highest BCUT2D eigenvalue weighted by atomic mass is 35.5. The van der Waals surface area contributed by atoms with Gasteiger partial charge < -0.3 is 4.90 Å². The Bertz CT molecular complexity index is 362. The molecule has 0 bridgehead atoms. The Kier molecular flexibility index (Phi) is 4.37. The molecular weight excluding hydrogens is 210 g/mol. The van der Waals surface area contributed by atoms with Crippen LogP contribution in [0.1, 0.15) is 12.5 Å². The van der Waals surface area contributed by atoms with Crippen molar-refractivity contribution in [2.75, 3.05) is 6.54 Å². The lowest BCUT2D eigenvalue weighted by molar-refractivity contribution is -0.126. The van der Waals surface area contributed by atoms with Crippen LogP contribution in [0.2, 0.25) is 5.02 Å². The third-order valence-electron chi connectivity index (χ3n) is 2.19. The molecule has 0 N–H and O–H groups in total. The Morgan fingerprint density at radius 2 is 2.20 bits per heavy atom. The Balaban J connectivity index is 2.79. The molecule has 0 spiro atoms. The highest BCUT2D eigenvalue weighted by molar-refractivity contribution is 6.31. The van der Waals surface area contributed by atoms with Crippen molar-refractivity contribution in [3.8, 4) is 0 Å². The summed E-state index contributed by atoms with van der Waals surface area (Å²) in [6.07, 6.45) is 1.32. The molecular formula is C12H14ClNO. The molecule has 0 aliphatic carbocycles. The molecule has 0 atom stereocenters. The summed E-state index contributed by atoms with van der Waals surface area (Å²) in [6.45, 7) is 6.58. The van der Waals surface area contributed by atoms with Gasteiger partial charge in [-0.2, -0.15) is 0 Å². The van der Waals surface area contributed by atoms with Crippen LogP contribution in [0, 0.1) is 0 Å². The fraction of sp³-hybridized carbons (Fsp3) is 0.250. The van der Waals surface area contributed by atoms with Gasteiger partial charge in [0, 0.05) is 18.1 Å². The molecule has 0 unspecified atom stereocenters. The van der Waals surface area contributed by atoms with Crippen molar-refractivity contribution in [2.24, 2.45) is 0 Å². The number of carbonyl (C=O) groups is 1. The SMILES string of the molecule is C=CC(=O)N(CC)Cc1ccccc1Cl. The summed E-state index contributed by atoms with van der Waals surface area (Å²) in [5, 5.41) is 0.688. The zero-order valence-electron chi connectivity index (χ0n) is 8.74. The minimum Gasteiger partial charge on any atom is -0.335 e. The molecule has 0 aliphatic rings. The fourth-order valence-electron chi connectivity index (χ4n) is 1.31. The predicted octanol–water partition coefficient (Wildman–Crippen LogP) is 2.87. The van der Waals surface area contributed by atoms with Crippen LogP contribution < -0.4 is 0 Å². The van der Waals surface area contributed by atoms with Crippen molar-refractivity contribution >= 4 is 17.5 Å². The van der Waals surface area contributed by atoms with Crippen LogP contribution in [-0.2, 0) is 11.3 Å². The molecule has 1 aromatic carbocycles. The second kappa shape index (κ2) is 5.56. The Labute approximate surface area is 95.2 Å². The number of halogens is 1. The van der Waals surface area contributed by atoms with Crippen molar-refractivity contribution in [1.82, 2.24) is 4.90 Å². The summed E-state index contributed by atoms with van der Waals surface area (Å²) in [7, 11) is 0. The van der Waals surface area contributed by atoms with E-state index in [1.54, 1.807) is 4.90 Å². The van der Waals surface area contributed by atoms with E-state index in [4.69, 9.17) is 11.6 Å². The van der Waals surface area contributed by atoms with Gasteiger partial charge in [-0.3, -0.25) is 4.79 Å². The van der Waals surface area contributed by atoms with E-state index in [0.717, 1.165) is 5.56 Å². The van der Waals surface area contributed by atoms with Gasteiger partial charge in [0.25, 0.3) is 0 Å². The van der Waals surface area contributed by atoms with Crippen molar-refractivity contribution < 1.29 is 4.79 Å². The van der Waals surface area contributed by atoms with Gasteiger partial charge in [-0.1, -0.05) is 36.4 Å². The highest BCUT2D eigenvalue weighted by Crippen LogP contribution is 2.16. The largest absolute Gasteiger partial charge is 0.335 e. The average molecular weight is 224 g/mol. The molecule has 1 rings (SSSR count). The minimum absolute atomic E-state index is 0.0718. The number of rotatable bonds is 4. The Morgan fingerprint density at radius 1 is 1.53 bits per heavy atom. The molecule has 15 heavy (non-hydrogen) atoms. The molecule has 1 aromatic rings. The third-order valence-corrected chi connectivity index (χ3v) is 2.56. The molecule has 0 aromatic heterocycles. The normalized spacial score (nSPS) is 9.73. The van der Waals surface area contributed by atoms with Gasteiger partial charge in [0.2, 0.25) is 5.91 Å². The maximum atomic E-state index is 11.4. The maximum Gasteiger partial charge on any atom is 0.246 e. The van der Waals surface area contributed by atoms with Gasteiger partial charge in [0.15, 0.2) is 0 Å². The van der Waals surface area contributed by atoms with Gasteiger partial charge in [0.05, 0.1) is 0 Å². The minimum atomic E-state index is -0.0718. The summed E-state index contributed by atoms with van der Waals surface area (Å²) in [4.78, 5) is 13.1. The standard InChI is InChI=1S/C12H14ClNO/c1-3-12(15)14(4-2)9-10-7-5-6-8-11(10)13/h3,5-8H,1,4,9H2,2H3. The van der Waals surface area contributed by atoms with Crippen LogP contribution >= 0.6 is 11.6 Å². The zero-order chi connectivity index (χ0) is 11.3.